The predicted molar refractivity (Wildman–Crippen MR) is 94.4 cm³/mol. The number of hydrogen-bond acceptors (Lipinski definition) is 3. The molecule has 138 valence electrons. The van der Waals surface area contributed by atoms with E-state index in [4.69, 9.17) is 0 Å². The van der Waals surface area contributed by atoms with Gasteiger partial charge in [-0.25, -0.2) is 0 Å². The van der Waals surface area contributed by atoms with E-state index in [1.807, 2.05) is 0 Å². The topological polar surface area (TPSA) is 60.7 Å². The Bertz CT molecular complexity index is 491. The van der Waals surface area contributed by atoms with Gasteiger partial charge in [-0.3, -0.25) is 0 Å². The van der Waals surface area contributed by atoms with Crippen LogP contribution in [0.4, 0.5) is 0 Å². The molecule has 0 heterocycles. The molecule has 0 aromatic heterocycles. The fourth-order valence-corrected chi connectivity index (χ4v) is 7.94. The SMILES string of the molecule is C[C@]12CC[C@@H](O)C[C@@H]1CC[C@@H]1[C@@H]2CC[C@@]2(C)[C@H]1CC[C@]2(O)CCO. The summed E-state index contributed by atoms with van der Waals surface area (Å²) < 4.78 is 0. The van der Waals surface area contributed by atoms with E-state index < -0.39 is 5.60 Å². The van der Waals surface area contributed by atoms with Crippen LogP contribution in [-0.4, -0.2) is 33.6 Å². The van der Waals surface area contributed by atoms with E-state index in [-0.39, 0.29) is 18.1 Å². The first-order valence-electron chi connectivity index (χ1n) is 10.4. The number of hydrogen-bond donors (Lipinski definition) is 3. The molecule has 3 nitrogen and oxygen atoms in total. The second-order valence-electron chi connectivity index (χ2n) is 10.1. The lowest BCUT2D eigenvalue weighted by Gasteiger charge is -2.61. The van der Waals surface area contributed by atoms with Crippen molar-refractivity contribution in [3.63, 3.8) is 0 Å². The Balaban J connectivity index is 1.61. The van der Waals surface area contributed by atoms with Crippen molar-refractivity contribution in [2.24, 2.45) is 34.5 Å². The van der Waals surface area contributed by atoms with Crippen LogP contribution in [0.15, 0.2) is 0 Å². The van der Waals surface area contributed by atoms with Gasteiger partial charge in [0.25, 0.3) is 0 Å². The lowest BCUT2D eigenvalue weighted by molar-refractivity contribution is -0.162. The zero-order valence-electron chi connectivity index (χ0n) is 15.5. The highest BCUT2D eigenvalue weighted by Crippen LogP contribution is 2.68. The van der Waals surface area contributed by atoms with Gasteiger partial charge in [0.1, 0.15) is 0 Å². The Labute approximate surface area is 146 Å². The molecule has 4 saturated carbocycles. The summed E-state index contributed by atoms with van der Waals surface area (Å²) in [5.41, 5.74) is -0.257. The molecule has 3 N–H and O–H groups in total. The number of fused-ring (bicyclic) bond motifs is 5. The van der Waals surface area contributed by atoms with Crippen LogP contribution in [0.2, 0.25) is 0 Å². The van der Waals surface area contributed by atoms with Crippen molar-refractivity contribution in [3.05, 3.63) is 0 Å². The molecular weight excluding hydrogens is 300 g/mol. The van der Waals surface area contributed by atoms with E-state index in [0.29, 0.717) is 23.7 Å². The maximum Gasteiger partial charge on any atom is 0.0725 e. The normalized spacial score (nSPS) is 57.1. The van der Waals surface area contributed by atoms with E-state index >= 15 is 0 Å². The third-order valence-electron chi connectivity index (χ3n) is 9.49. The van der Waals surface area contributed by atoms with E-state index in [9.17, 15) is 15.3 Å². The number of aliphatic hydroxyl groups is 3. The summed E-state index contributed by atoms with van der Waals surface area (Å²) in [6.45, 7) is 4.93. The van der Waals surface area contributed by atoms with E-state index in [0.717, 1.165) is 43.9 Å². The molecule has 8 atom stereocenters. The molecule has 4 aliphatic carbocycles. The molecule has 0 aromatic rings. The minimum atomic E-state index is -0.655. The zero-order valence-corrected chi connectivity index (χ0v) is 15.5. The highest BCUT2D eigenvalue weighted by molar-refractivity contribution is 5.13. The molecule has 0 saturated heterocycles. The molecule has 3 heteroatoms. The molecule has 0 bridgehead atoms. The quantitative estimate of drug-likeness (QED) is 0.723. The summed E-state index contributed by atoms with van der Waals surface area (Å²) >= 11 is 0. The van der Waals surface area contributed by atoms with E-state index in [1.54, 1.807) is 0 Å². The van der Waals surface area contributed by atoms with Crippen molar-refractivity contribution in [1.29, 1.82) is 0 Å². The molecule has 0 aromatic carbocycles. The highest BCUT2D eigenvalue weighted by atomic mass is 16.3. The van der Waals surface area contributed by atoms with Crippen LogP contribution < -0.4 is 0 Å². The van der Waals surface area contributed by atoms with Gasteiger partial charge in [-0.1, -0.05) is 13.8 Å². The molecule has 4 rings (SSSR count). The van der Waals surface area contributed by atoms with Crippen molar-refractivity contribution in [2.75, 3.05) is 6.61 Å². The van der Waals surface area contributed by atoms with Gasteiger partial charge in [0, 0.05) is 6.61 Å². The lowest BCUT2D eigenvalue weighted by Crippen LogP contribution is -2.57. The zero-order chi connectivity index (χ0) is 17.2. The Kier molecular flexibility index (Phi) is 4.10. The van der Waals surface area contributed by atoms with Gasteiger partial charge in [-0.15, -0.1) is 0 Å². The second kappa shape index (κ2) is 5.69. The van der Waals surface area contributed by atoms with Gasteiger partial charge in [0.15, 0.2) is 0 Å². The Morgan fingerprint density at radius 3 is 2.42 bits per heavy atom. The van der Waals surface area contributed by atoms with Crippen molar-refractivity contribution in [3.8, 4) is 0 Å². The first kappa shape index (κ1) is 17.3. The monoisotopic (exact) mass is 336 g/mol. The summed E-state index contributed by atoms with van der Waals surface area (Å²) in [6.07, 6.45) is 10.5. The number of rotatable bonds is 2. The molecule has 0 amide bonds. The van der Waals surface area contributed by atoms with Crippen molar-refractivity contribution < 1.29 is 15.3 Å². The molecule has 0 radical (unpaired) electrons. The van der Waals surface area contributed by atoms with Gasteiger partial charge in [-0.05, 0) is 98.7 Å². The lowest BCUT2D eigenvalue weighted by atomic mass is 9.44. The largest absolute Gasteiger partial charge is 0.396 e. The first-order valence-corrected chi connectivity index (χ1v) is 10.4. The maximum absolute atomic E-state index is 11.3. The van der Waals surface area contributed by atoms with Crippen LogP contribution in [0.1, 0.15) is 78.1 Å². The maximum atomic E-state index is 11.3. The highest BCUT2D eigenvalue weighted by Gasteiger charge is 2.64. The summed E-state index contributed by atoms with van der Waals surface area (Å²) in [5.74, 6) is 2.84. The van der Waals surface area contributed by atoms with Gasteiger partial charge >= 0.3 is 0 Å². The van der Waals surface area contributed by atoms with E-state index in [2.05, 4.69) is 13.8 Å². The predicted octanol–water partition coefficient (Wildman–Crippen LogP) is 3.50. The smallest absolute Gasteiger partial charge is 0.0725 e. The minimum absolute atomic E-state index is 0.00568. The van der Waals surface area contributed by atoms with Crippen LogP contribution in [0, 0.1) is 34.5 Å². The fraction of sp³-hybridized carbons (Fsp3) is 1.00. The Morgan fingerprint density at radius 2 is 1.67 bits per heavy atom. The van der Waals surface area contributed by atoms with Crippen LogP contribution >= 0.6 is 0 Å². The Morgan fingerprint density at radius 1 is 0.917 bits per heavy atom. The molecule has 0 aliphatic heterocycles. The van der Waals surface area contributed by atoms with Crippen molar-refractivity contribution in [1.82, 2.24) is 0 Å². The van der Waals surface area contributed by atoms with Crippen molar-refractivity contribution in [2.45, 2.75) is 89.8 Å². The Hall–Kier alpha value is -0.120. The molecular formula is C21H36O3. The van der Waals surface area contributed by atoms with Crippen molar-refractivity contribution >= 4 is 0 Å². The number of aliphatic hydroxyl groups excluding tert-OH is 2. The molecule has 4 aliphatic rings. The van der Waals surface area contributed by atoms with Crippen LogP contribution in [0.25, 0.3) is 0 Å². The summed E-state index contributed by atoms with van der Waals surface area (Å²) in [6, 6.07) is 0. The van der Waals surface area contributed by atoms with Crippen LogP contribution in [-0.2, 0) is 0 Å². The van der Waals surface area contributed by atoms with Gasteiger partial charge in [0.05, 0.1) is 11.7 Å². The standard InChI is InChI=1S/C21H36O3/c1-19-8-5-15(23)13-14(19)3-4-16-17(19)6-9-20(2)18(16)7-10-21(20,24)11-12-22/h14-18,22-24H,3-13H2,1-2H3/t14-,15+,16+,17-,18-,19-,20-,21-/m0/s1. The third-order valence-corrected chi connectivity index (χ3v) is 9.49. The molecule has 4 fully saturated rings. The van der Waals surface area contributed by atoms with Crippen LogP contribution in [0.3, 0.4) is 0 Å². The molecule has 0 spiro atoms. The minimum Gasteiger partial charge on any atom is -0.396 e. The summed E-state index contributed by atoms with van der Waals surface area (Å²) in [7, 11) is 0. The third kappa shape index (κ3) is 2.20. The van der Waals surface area contributed by atoms with Gasteiger partial charge in [-0.2, -0.15) is 0 Å². The average molecular weight is 337 g/mol. The average Bonchev–Trinajstić information content (AvgIpc) is 2.80. The molecule has 0 unspecified atom stereocenters. The van der Waals surface area contributed by atoms with Gasteiger partial charge < -0.3 is 15.3 Å². The second-order valence-corrected chi connectivity index (χ2v) is 10.1. The van der Waals surface area contributed by atoms with Gasteiger partial charge in [0.2, 0.25) is 0 Å². The fourth-order valence-electron chi connectivity index (χ4n) is 7.94. The first-order chi connectivity index (χ1) is 11.3. The summed E-state index contributed by atoms with van der Waals surface area (Å²) in [4.78, 5) is 0. The van der Waals surface area contributed by atoms with E-state index in [1.165, 1.54) is 25.7 Å². The summed E-state index contributed by atoms with van der Waals surface area (Å²) in [5, 5.41) is 30.9. The van der Waals surface area contributed by atoms with Crippen LogP contribution in [0.5, 0.6) is 0 Å². The molecule has 24 heavy (non-hydrogen) atoms.